The van der Waals surface area contributed by atoms with Gasteiger partial charge in [-0.15, -0.1) is 0 Å². The first-order chi connectivity index (χ1) is 13.6. The van der Waals surface area contributed by atoms with Crippen LogP contribution in [0.3, 0.4) is 0 Å². The molecule has 0 fully saturated rings. The molecule has 1 aromatic heterocycles. The molecule has 5 heteroatoms. The van der Waals surface area contributed by atoms with Crippen molar-refractivity contribution in [2.75, 3.05) is 0 Å². The molecular formula is C23H18FNO3. The van der Waals surface area contributed by atoms with Gasteiger partial charge in [-0.05, 0) is 73.2 Å². The molecule has 1 N–H and O–H groups in total. The summed E-state index contributed by atoms with van der Waals surface area (Å²) in [5.41, 5.74) is 2.74. The van der Waals surface area contributed by atoms with Gasteiger partial charge in [0.25, 0.3) is 0 Å². The maximum Gasteiger partial charge on any atom is 0.226 e. The van der Waals surface area contributed by atoms with Gasteiger partial charge in [-0.1, -0.05) is 12.1 Å². The summed E-state index contributed by atoms with van der Waals surface area (Å²) in [6, 6.07) is 20.3. The number of halogens is 1. The lowest BCUT2D eigenvalue weighted by Gasteiger charge is -2.06. The van der Waals surface area contributed by atoms with E-state index in [4.69, 9.17) is 9.15 Å². The topological polar surface area (TPSA) is 55.5 Å². The first-order valence-corrected chi connectivity index (χ1v) is 8.85. The highest BCUT2D eigenvalue weighted by Crippen LogP contribution is 2.26. The summed E-state index contributed by atoms with van der Waals surface area (Å²) >= 11 is 0. The highest BCUT2D eigenvalue weighted by molar-refractivity contribution is 5.55. The lowest BCUT2D eigenvalue weighted by molar-refractivity contribution is 0.475. The Kier molecular flexibility index (Phi) is 4.81. The first kappa shape index (κ1) is 17.8. The average Bonchev–Trinajstić information content (AvgIpc) is 3.06. The summed E-state index contributed by atoms with van der Waals surface area (Å²) in [4.78, 5) is 4.59. The zero-order valence-corrected chi connectivity index (χ0v) is 15.2. The molecule has 0 atom stereocenters. The van der Waals surface area contributed by atoms with Gasteiger partial charge in [0.05, 0.1) is 5.69 Å². The lowest BCUT2D eigenvalue weighted by atomic mass is 10.1. The van der Waals surface area contributed by atoms with Crippen molar-refractivity contribution in [3.63, 3.8) is 0 Å². The van der Waals surface area contributed by atoms with Gasteiger partial charge in [0.2, 0.25) is 5.89 Å². The Morgan fingerprint density at radius 1 is 0.893 bits per heavy atom. The van der Waals surface area contributed by atoms with Crippen LogP contribution in [0.2, 0.25) is 0 Å². The van der Waals surface area contributed by atoms with E-state index in [0.717, 1.165) is 22.6 Å². The molecule has 0 aliphatic heterocycles. The molecule has 140 valence electrons. The summed E-state index contributed by atoms with van der Waals surface area (Å²) in [5.74, 6) is 2.46. The van der Waals surface area contributed by atoms with E-state index in [1.165, 1.54) is 12.1 Å². The number of rotatable bonds is 5. The number of nitrogens with zero attached hydrogens (tertiary/aromatic N) is 1. The largest absolute Gasteiger partial charge is 0.508 e. The van der Waals surface area contributed by atoms with Crippen molar-refractivity contribution in [2.45, 2.75) is 13.3 Å². The number of hydrogen-bond donors (Lipinski definition) is 1. The number of oxazole rings is 1. The molecule has 4 nitrogen and oxygen atoms in total. The summed E-state index contributed by atoms with van der Waals surface area (Å²) in [6.07, 6.45) is 0.629. The number of ether oxygens (including phenoxy) is 1. The van der Waals surface area contributed by atoms with E-state index < -0.39 is 0 Å². The summed E-state index contributed by atoms with van der Waals surface area (Å²) < 4.78 is 24.5. The van der Waals surface area contributed by atoms with Crippen LogP contribution in [0.4, 0.5) is 4.39 Å². The fraction of sp³-hybridized carbons (Fsp3) is 0.0870. The maximum absolute atomic E-state index is 13.0. The van der Waals surface area contributed by atoms with Crippen LogP contribution in [0.1, 0.15) is 17.0 Å². The van der Waals surface area contributed by atoms with Crippen LogP contribution in [0.5, 0.6) is 17.2 Å². The molecule has 3 aromatic carbocycles. The average molecular weight is 375 g/mol. The van der Waals surface area contributed by atoms with Gasteiger partial charge < -0.3 is 14.3 Å². The number of aromatic hydroxyl groups is 1. The second-order valence-electron chi connectivity index (χ2n) is 6.45. The molecular weight excluding hydrogens is 357 g/mol. The first-order valence-electron chi connectivity index (χ1n) is 8.85. The summed E-state index contributed by atoms with van der Waals surface area (Å²) in [6.45, 7) is 1.89. The van der Waals surface area contributed by atoms with Crippen LogP contribution in [-0.2, 0) is 6.42 Å². The van der Waals surface area contributed by atoms with Crippen LogP contribution in [0.25, 0.3) is 11.5 Å². The van der Waals surface area contributed by atoms with E-state index >= 15 is 0 Å². The molecule has 4 aromatic rings. The van der Waals surface area contributed by atoms with Crippen LogP contribution in [-0.4, -0.2) is 10.1 Å². The zero-order valence-electron chi connectivity index (χ0n) is 15.2. The molecule has 4 rings (SSSR count). The SMILES string of the molecule is Cc1oc(-c2ccc(O)cc2)nc1Cc1ccc(Oc2ccc(F)cc2)cc1. The smallest absolute Gasteiger partial charge is 0.226 e. The molecule has 0 amide bonds. The number of phenolic OH excluding ortho intramolecular Hbond substituents is 1. The fourth-order valence-electron chi connectivity index (χ4n) is 2.83. The molecule has 0 saturated heterocycles. The van der Waals surface area contributed by atoms with Gasteiger partial charge in [0, 0.05) is 12.0 Å². The number of phenols is 1. The van der Waals surface area contributed by atoms with E-state index in [0.29, 0.717) is 23.8 Å². The van der Waals surface area contributed by atoms with Gasteiger partial charge in [0.1, 0.15) is 28.8 Å². The van der Waals surface area contributed by atoms with Gasteiger partial charge in [-0.25, -0.2) is 9.37 Å². The Bertz CT molecular complexity index is 1070. The van der Waals surface area contributed by atoms with E-state index in [9.17, 15) is 9.50 Å². The lowest BCUT2D eigenvalue weighted by Crippen LogP contribution is -1.92. The van der Waals surface area contributed by atoms with Gasteiger partial charge in [-0.2, -0.15) is 0 Å². The van der Waals surface area contributed by atoms with Crippen molar-refractivity contribution in [3.05, 3.63) is 95.6 Å². The maximum atomic E-state index is 13.0. The minimum atomic E-state index is -0.294. The Morgan fingerprint density at radius 3 is 2.14 bits per heavy atom. The second-order valence-corrected chi connectivity index (χ2v) is 6.45. The Hall–Kier alpha value is -3.60. The van der Waals surface area contributed by atoms with Crippen LogP contribution in [0.15, 0.2) is 77.2 Å². The molecule has 0 aliphatic carbocycles. The highest BCUT2D eigenvalue weighted by atomic mass is 19.1. The Labute approximate surface area is 161 Å². The molecule has 0 spiro atoms. The monoisotopic (exact) mass is 375 g/mol. The molecule has 0 bridgehead atoms. The third-order valence-corrected chi connectivity index (χ3v) is 4.35. The van der Waals surface area contributed by atoms with Crippen molar-refractivity contribution in [1.29, 1.82) is 0 Å². The second kappa shape index (κ2) is 7.56. The van der Waals surface area contributed by atoms with E-state index in [-0.39, 0.29) is 11.6 Å². The molecule has 0 radical (unpaired) electrons. The van der Waals surface area contributed by atoms with Crippen molar-refractivity contribution in [2.24, 2.45) is 0 Å². The summed E-state index contributed by atoms with van der Waals surface area (Å²) in [7, 11) is 0. The molecule has 28 heavy (non-hydrogen) atoms. The molecule has 0 saturated carbocycles. The predicted octanol–water partition coefficient (Wildman–Crippen LogP) is 5.88. The fourth-order valence-corrected chi connectivity index (χ4v) is 2.83. The number of aromatic nitrogens is 1. The van der Waals surface area contributed by atoms with Crippen molar-refractivity contribution >= 4 is 0 Å². The van der Waals surface area contributed by atoms with Gasteiger partial charge >= 0.3 is 0 Å². The molecule has 0 aliphatic rings. The van der Waals surface area contributed by atoms with E-state index in [1.807, 2.05) is 31.2 Å². The Morgan fingerprint density at radius 2 is 1.50 bits per heavy atom. The minimum Gasteiger partial charge on any atom is -0.508 e. The standard InChI is InChI=1S/C23H18FNO3/c1-15-22(25-23(27-15)17-4-8-19(26)9-5-17)14-16-2-10-20(11-3-16)28-21-12-6-18(24)7-13-21/h2-13,26H,14H2,1H3. The van der Waals surface area contributed by atoms with Gasteiger partial charge in [-0.3, -0.25) is 0 Å². The van der Waals surface area contributed by atoms with Gasteiger partial charge in [0.15, 0.2) is 0 Å². The van der Waals surface area contributed by atoms with Crippen molar-refractivity contribution < 1.29 is 18.7 Å². The zero-order chi connectivity index (χ0) is 19.5. The Balaban J connectivity index is 1.47. The van der Waals surface area contributed by atoms with Crippen LogP contribution < -0.4 is 4.74 Å². The number of hydrogen-bond acceptors (Lipinski definition) is 4. The molecule has 0 unspecified atom stereocenters. The van der Waals surface area contributed by atoms with E-state index in [1.54, 1.807) is 36.4 Å². The highest BCUT2D eigenvalue weighted by Gasteiger charge is 2.12. The third-order valence-electron chi connectivity index (χ3n) is 4.35. The normalized spacial score (nSPS) is 10.8. The number of benzene rings is 3. The predicted molar refractivity (Wildman–Crippen MR) is 104 cm³/mol. The molecule has 1 heterocycles. The number of aryl methyl sites for hydroxylation is 1. The summed E-state index contributed by atoms with van der Waals surface area (Å²) in [5, 5.41) is 9.41. The van der Waals surface area contributed by atoms with Crippen molar-refractivity contribution in [1.82, 2.24) is 4.98 Å². The quantitative estimate of drug-likeness (QED) is 0.473. The van der Waals surface area contributed by atoms with Crippen LogP contribution >= 0.6 is 0 Å². The van der Waals surface area contributed by atoms with Crippen molar-refractivity contribution in [3.8, 4) is 28.7 Å². The minimum absolute atomic E-state index is 0.204. The third kappa shape index (κ3) is 4.04. The van der Waals surface area contributed by atoms with E-state index in [2.05, 4.69) is 4.98 Å². The van der Waals surface area contributed by atoms with Crippen LogP contribution in [0, 0.1) is 12.7 Å².